The van der Waals surface area contributed by atoms with Gasteiger partial charge in [-0.1, -0.05) is 154 Å². The van der Waals surface area contributed by atoms with E-state index < -0.39 is 23.8 Å². The van der Waals surface area contributed by atoms with Gasteiger partial charge in [-0.2, -0.15) is 0 Å². The number of carbonyl (C=O) groups excluding carboxylic acids is 5. The van der Waals surface area contributed by atoms with E-state index in [1.165, 1.54) is 103 Å². The predicted octanol–water partition coefficient (Wildman–Crippen LogP) is 11.4. The van der Waals surface area contributed by atoms with Crippen molar-refractivity contribution in [3.05, 3.63) is 24.3 Å². The minimum Gasteiger partial charge on any atom is -0.353 e. The van der Waals surface area contributed by atoms with Crippen LogP contribution in [0.15, 0.2) is 24.3 Å². The summed E-state index contributed by atoms with van der Waals surface area (Å²) >= 11 is 0. The SMILES string of the molecule is CCCCCCCCC=CCCCCCCCC(=O)NCC(NC(=O)CCCCCCCC=CCCCCCCCCC)C(=O)NCCOC(C)(C)OCCNC(=O)C(C)NC(=O)CCC. The highest BCUT2D eigenvalue weighted by molar-refractivity contribution is 5.88. The Balaban J connectivity index is 4.69. The standard InChI is InChI=1S/C54H101N5O7/c1-7-10-12-14-16-18-20-22-24-26-28-30-32-34-36-38-41-51(62)59-48(46-57-49(60)40-37-35-33-31-29-27-25-23-21-19-17-15-13-11-8-2)53(64)56-43-45-66-54(5,6)65-44-42-55-52(63)47(4)58-50(61)39-9-3/h23-26,47-48H,7-22,27-46H2,1-6H3,(H,55,63)(H,56,64)(H,57,60)(H,58,61)(H,59,62). The molecule has 0 heterocycles. The van der Waals surface area contributed by atoms with Crippen molar-refractivity contribution in [1.82, 2.24) is 26.6 Å². The molecule has 0 radical (unpaired) electrons. The van der Waals surface area contributed by atoms with Crippen molar-refractivity contribution < 1.29 is 33.4 Å². The van der Waals surface area contributed by atoms with Crippen LogP contribution < -0.4 is 26.6 Å². The topological polar surface area (TPSA) is 164 Å². The molecular weight excluding hydrogens is 831 g/mol. The van der Waals surface area contributed by atoms with Gasteiger partial charge in [-0.05, 0) is 91.4 Å². The highest BCUT2D eigenvalue weighted by Gasteiger charge is 2.23. The largest absolute Gasteiger partial charge is 0.353 e. The van der Waals surface area contributed by atoms with Gasteiger partial charge in [0.15, 0.2) is 5.79 Å². The minimum absolute atomic E-state index is 0.00996. The van der Waals surface area contributed by atoms with Crippen LogP contribution in [0.4, 0.5) is 0 Å². The number of amides is 5. The number of carbonyl (C=O) groups is 5. The summed E-state index contributed by atoms with van der Waals surface area (Å²) in [5.41, 5.74) is 0. The highest BCUT2D eigenvalue weighted by Crippen LogP contribution is 2.13. The van der Waals surface area contributed by atoms with Crippen molar-refractivity contribution in [2.45, 2.75) is 258 Å². The average molecular weight is 932 g/mol. The Hall–Kier alpha value is -3.25. The lowest BCUT2D eigenvalue weighted by Gasteiger charge is -2.26. The van der Waals surface area contributed by atoms with Gasteiger partial charge in [0.05, 0.1) is 13.2 Å². The van der Waals surface area contributed by atoms with E-state index in [0.29, 0.717) is 25.7 Å². The second kappa shape index (κ2) is 45.5. The number of hydrogen-bond donors (Lipinski definition) is 5. The number of nitrogens with one attached hydrogen (secondary N) is 5. The third-order valence-electron chi connectivity index (χ3n) is 11.7. The summed E-state index contributed by atoms with van der Waals surface area (Å²) in [6.45, 7) is 12.3. The molecule has 5 amide bonds. The van der Waals surface area contributed by atoms with E-state index in [4.69, 9.17) is 9.47 Å². The maximum atomic E-state index is 13.3. The molecule has 0 aromatic rings. The number of hydrogen-bond acceptors (Lipinski definition) is 7. The second-order valence-electron chi connectivity index (χ2n) is 18.7. The quantitative estimate of drug-likeness (QED) is 0.0230. The van der Waals surface area contributed by atoms with Crippen molar-refractivity contribution in [2.75, 3.05) is 32.8 Å². The van der Waals surface area contributed by atoms with Crippen molar-refractivity contribution in [1.29, 1.82) is 0 Å². The van der Waals surface area contributed by atoms with E-state index in [2.05, 4.69) is 64.7 Å². The Morgan fingerprint density at radius 3 is 1.26 bits per heavy atom. The molecule has 0 aliphatic rings. The zero-order valence-electron chi connectivity index (χ0n) is 43.3. The van der Waals surface area contributed by atoms with Gasteiger partial charge in [0, 0.05) is 38.9 Å². The Labute approximate surface area is 403 Å². The molecule has 12 heteroatoms. The molecule has 5 N–H and O–H groups in total. The van der Waals surface area contributed by atoms with E-state index in [-0.39, 0.29) is 56.5 Å². The first-order valence-electron chi connectivity index (χ1n) is 26.9. The van der Waals surface area contributed by atoms with Crippen molar-refractivity contribution >= 4 is 29.5 Å². The molecule has 0 fully saturated rings. The van der Waals surface area contributed by atoms with Crippen molar-refractivity contribution in [3.8, 4) is 0 Å². The highest BCUT2D eigenvalue weighted by atomic mass is 16.7. The van der Waals surface area contributed by atoms with Crippen LogP contribution in [0.3, 0.4) is 0 Å². The van der Waals surface area contributed by atoms with Gasteiger partial charge < -0.3 is 36.1 Å². The van der Waals surface area contributed by atoms with E-state index in [1.54, 1.807) is 20.8 Å². The Morgan fingerprint density at radius 1 is 0.439 bits per heavy atom. The molecule has 0 saturated heterocycles. The van der Waals surface area contributed by atoms with E-state index >= 15 is 0 Å². The normalized spacial score (nSPS) is 12.6. The lowest BCUT2D eigenvalue weighted by molar-refractivity contribution is -0.211. The molecule has 0 bridgehead atoms. The first kappa shape index (κ1) is 62.8. The molecule has 0 aliphatic carbocycles. The van der Waals surface area contributed by atoms with Crippen LogP contribution in [0.1, 0.15) is 241 Å². The fraction of sp³-hybridized carbons (Fsp3) is 0.833. The van der Waals surface area contributed by atoms with Crippen LogP contribution in [0.2, 0.25) is 0 Å². The van der Waals surface area contributed by atoms with E-state index in [9.17, 15) is 24.0 Å². The molecule has 2 unspecified atom stereocenters. The van der Waals surface area contributed by atoms with Crippen LogP contribution in [0, 0.1) is 0 Å². The summed E-state index contributed by atoms with van der Waals surface area (Å²) in [4.78, 5) is 63.2. The molecule has 384 valence electrons. The molecule has 2 atom stereocenters. The van der Waals surface area contributed by atoms with Crippen LogP contribution in [-0.2, 0) is 33.4 Å². The number of allylic oxidation sites excluding steroid dienone is 4. The number of ether oxygens (including phenoxy) is 2. The molecule has 0 saturated carbocycles. The van der Waals surface area contributed by atoms with Crippen LogP contribution in [0.25, 0.3) is 0 Å². The third kappa shape index (κ3) is 42.1. The maximum absolute atomic E-state index is 13.3. The second-order valence-corrected chi connectivity index (χ2v) is 18.7. The van der Waals surface area contributed by atoms with Crippen molar-refractivity contribution in [2.24, 2.45) is 0 Å². The van der Waals surface area contributed by atoms with Gasteiger partial charge in [-0.25, -0.2) is 0 Å². The average Bonchev–Trinajstić information content (AvgIpc) is 3.29. The molecule has 0 rings (SSSR count). The Morgan fingerprint density at radius 2 is 0.818 bits per heavy atom. The van der Waals surface area contributed by atoms with Gasteiger partial charge in [-0.15, -0.1) is 0 Å². The zero-order valence-corrected chi connectivity index (χ0v) is 43.3. The molecule has 12 nitrogen and oxygen atoms in total. The molecule has 0 aromatic carbocycles. The lowest BCUT2D eigenvalue weighted by Crippen LogP contribution is -2.53. The summed E-state index contributed by atoms with van der Waals surface area (Å²) in [6, 6.07) is -1.56. The molecule has 0 aromatic heterocycles. The molecule has 0 aliphatic heterocycles. The first-order chi connectivity index (χ1) is 31.9. The Bertz CT molecular complexity index is 1270. The van der Waals surface area contributed by atoms with E-state index in [1.807, 2.05) is 6.92 Å². The predicted molar refractivity (Wildman–Crippen MR) is 273 cm³/mol. The van der Waals surface area contributed by atoms with Crippen LogP contribution >= 0.6 is 0 Å². The van der Waals surface area contributed by atoms with Gasteiger partial charge in [0.1, 0.15) is 12.1 Å². The fourth-order valence-corrected chi connectivity index (χ4v) is 7.54. The summed E-state index contributed by atoms with van der Waals surface area (Å²) in [5.74, 6) is -2.18. The summed E-state index contributed by atoms with van der Waals surface area (Å²) in [5, 5.41) is 14.0. The van der Waals surface area contributed by atoms with Gasteiger partial charge in [0.25, 0.3) is 0 Å². The van der Waals surface area contributed by atoms with Gasteiger partial charge >= 0.3 is 0 Å². The van der Waals surface area contributed by atoms with E-state index in [0.717, 1.165) is 70.6 Å². The lowest BCUT2D eigenvalue weighted by atomic mass is 10.1. The summed E-state index contributed by atoms with van der Waals surface area (Å²) < 4.78 is 11.7. The smallest absolute Gasteiger partial charge is 0.244 e. The first-order valence-corrected chi connectivity index (χ1v) is 26.9. The summed E-state index contributed by atoms with van der Waals surface area (Å²) in [7, 11) is 0. The van der Waals surface area contributed by atoms with Gasteiger partial charge in [0.2, 0.25) is 29.5 Å². The maximum Gasteiger partial charge on any atom is 0.244 e. The summed E-state index contributed by atoms with van der Waals surface area (Å²) in [6.07, 6.45) is 43.3. The van der Waals surface area contributed by atoms with Gasteiger partial charge in [-0.3, -0.25) is 24.0 Å². The fourth-order valence-electron chi connectivity index (χ4n) is 7.54. The molecular formula is C54H101N5O7. The third-order valence-corrected chi connectivity index (χ3v) is 11.7. The number of unbranched alkanes of at least 4 members (excludes halogenated alkanes) is 23. The monoisotopic (exact) mass is 932 g/mol. The van der Waals surface area contributed by atoms with Crippen LogP contribution in [0.5, 0.6) is 0 Å². The molecule has 0 spiro atoms. The minimum atomic E-state index is -0.994. The number of rotatable bonds is 47. The Kier molecular flexibility index (Phi) is 43.3. The van der Waals surface area contributed by atoms with Crippen LogP contribution in [-0.4, -0.2) is 80.3 Å². The van der Waals surface area contributed by atoms with Crippen molar-refractivity contribution in [3.63, 3.8) is 0 Å². The molecule has 66 heavy (non-hydrogen) atoms. The zero-order chi connectivity index (χ0) is 48.8.